The van der Waals surface area contributed by atoms with E-state index < -0.39 is 34.3 Å². The summed E-state index contributed by atoms with van der Waals surface area (Å²) >= 11 is 5.86. The molecule has 1 aromatic heterocycles. The normalized spacial score (nSPS) is 11.0. The van der Waals surface area contributed by atoms with Crippen molar-refractivity contribution in [2.45, 2.75) is 11.8 Å². The molecule has 0 radical (unpaired) electrons. The Morgan fingerprint density at radius 3 is 2.53 bits per heavy atom. The first-order valence-electron chi connectivity index (χ1n) is 9.13. The summed E-state index contributed by atoms with van der Waals surface area (Å²) in [5.41, 5.74) is 0.232. The van der Waals surface area contributed by atoms with E-state index in [1.54, 1.807) is 6.07 Å². The Kier molecular flexibility index (Phi) is 7.06. The molecule has 32 heavy (non-hydrogen) atoms. The first-order valence-corrected chi connectivity index (χ1v) is 11.0. The predicted octanol–water partition coefficient (Wildman–Crippen LogP) is 3.78. The summed E-state index contributed by atoms with van der Waals surface area (Å²) in [6.07, 6.45) is 1.45. The number of nitrogens with one attached hydrogen (secondary N) is 2. The number of hydrogen-bond acceptors (Lipinski definition) is 6. The van der Waals surface area contributed by atoms with Gasteiger partial charge in [-0.15, -0.1) is 0 Å². The minimum absolute atomic E-state index is 0.0600. The number of para-hydroxylation sites is 1. The Balaban J connectivity index is 1.71. The van der Waals surface area contributed by atoms with Crippen molar-refractivity contribution in [1.82, 2.24) is 4.98 Å². The first-order chi connectivity index (χ1) is 15.2. The average molecular weight is 478 g/mol. The van der Waals surface area contributed by atoms with Crippen molar-refractivity contribution in [2.75, 3.05) is 16.6 Å². The number of carbonyl (C=O) groups excluding carboxylic acids is 2. The van der Waals surface area contributed by atoms with Crippen LogP contribution in [0.1, 0.15) is 15.9 Å². The summed E-state index contributed by atoms with van der Waals surface area (Å²) in [6, 6.07) is 12.1. The topological polar surface area (TPSA) is 114 Å². The van der Waals surface area contributed by atoms with Gasteiger partial charge in [0.05, 0.1) is 21.8 Å². The summed E-state index contributed by atoms with van der Waals surface area (Å²) in [6.45, 7) is 0.797. The third kappa shape index (κ3) is 5.59. The molecule has 0 aliphatic heterocycles. The van der Waals surface area contributed by atoms with Crippen molar-refractivity contribution in [3.63, 3.8) is 0 Å². The molecule has 1 amide bonds. The molecular formula is C21H17ClFN3O5S. The van der Waals surface area contributed by atoms with Crippen LogP contribution in [0.5, 0.6) is 0 Å². The van der Waals surface area contributed by atoms with Gasteiger partial charge in [-0.25, -0.2) is 22.6 Å². The number of nitrogens with zero attached hydrogens (tertiary/aromatic N) is 1. The van der Waals surface area contributed by atoms with Crippen molar-refractivity contribution < 1.29 is 27.1 Å². The van der Waals surface area contributed by atoms with Crippen LogP contribution < -0.4 is 10.0 Å². The van der Waals surface area contributed by atoms with E-state index in [1.807, 2.05) is 0 Å². The van der Waals surface area contributed by atoms with E-state index in [4.69, 9.17) is 16.3 Å². The van der Waals surface area contributed by atoms with Gasteiger partial charge in [-0.05, 0) is 55.0 Å². The number of amides is 1. The third-order valence-corrected chi connectivity index (χ3v) is 5.86. The fourth-order valence-electron chi connectivity index (χ4n) is 2.61. The van der Waals surface area contributed by atoms with E-state index in [1.165, 1.54) is 49.5 Å². The zero-order valence-corrected chi connectivity index (χ0v) is 18.2. The highest BCUT2D eigenvalue weighted by atomic mass is 35.5. The van der Waals surface area contributed by atoms with E-state index in [0.29, 0.717) is 0 Å². The van der Waals surface area contributed by atoms with Gasteiger partial charge in [0, 0.05) is 6.20 Å². The molecule has 0 atom stereocenters. The summed E-state index contributed by atoms with van der Waals surface area (Å²) in [7, 11) is -4.11. The molecule has 1 heterocycles. The lowest BCUT2D eigenvalue weighted by Crippen LogP contribution is -2.22. The number of benzene rings is 2. The Labute approximate surface area is 188 Å². The zero-order valence-electron chi connectivity index (χ0n) is 16.6. The van der Waals surface area contributed by atoms with E-state index in [2.05, 4.69) is 15.0 Å². The van der Waals surface area contributed by atoms with Gasteiger partial charge in [-0.3, -0.25) is 9.52 Å². The molecule has 166 valence electrons. The number of hydrogen-bond donors (Lipinski definition) is 2. The molecule has 0 fully saturated rings. The lowest BCUT2D eigenvalue weighted by molar-refractivity contribution is -0.119. The van der Waals surface area contributed by atoms with E-state index >= 15 is 0 Å². The van der Waals surface area contributed by atoms with Crippen molar-refractivity contribution in [2.24, 2.45) is 0 Å². The third-order valence-electron chi connectivity index (χ3n) is 4.20. The van der Waals surface area contributed by atoms with Gasteiger partial charge >= 0.3 is 5.97 Å². The van der Waals surface area contributed by atoms with E-state index in [-0.39, 0.29) is 32.6 Å². The van der Waals surface area contributed by atoms with E-state index in [0.717, 1.165) is 12.1 Å². The maximum absolute atomic E-state index is 13.5. The largest absolute Gasteiger partial charge is 0.452 e. The number of rotatable bonds is 7. The molecule has 2 aromatic carbocycles. The van der Waals surface area contributed by atoms with Gasteiger partial charge in [-0.1, -0.05) is 23.7 Å². The highest BCUT2D eigenvalue weighted by Gasteiger charge is 2.21. The molecule has 2 N–H and O–H groups in total. The number of halogens is 2. The van der Waals surface area contributed by atoms with E-state index in [9.17, 15) is 22.4 Å². The molecule has 0 spiro atoms. The highest BCUT2D eigenvalue weighted by molar-refractivity contribution is 7.92. The van der Waals surface area contributed by atoms with Crippen LogP contribution in [-0.4, -0.2) is 31.9 Å². The first kappa shape index (κ1) is 23.2. The Morgan fingerprint density at radius 2 is 1.81 bits per heavy atom. The molecule has 0 saturated heterocycles. The average Bonchev–Trinajstić information content (AvgIpc) is 2.75. The number of pyridine rings is 1. The van der Waals surface area contributed by atoms with Crippen LogP contribution in [0.4, 0.5) is 15.8 Å². The van der Waals surface area contributed by atoms with Gasteiger partial charge in [0.25, 0.3) is 15.9 Å². The number of esters is 1. The molecule has 0 aliphatic rings. The summed E-state index contributed by atoms with van der Waals surface area (Å²) in [4.78, 5) is 28.2. The van der Waals surface area contributed by atoms with Crippen LogP contribution in [0.15, 0.2) is 65.7 Å². The minimum Gasteiger partial charge on any atom is -0.452 e. The Morgan fingerprint density at radius 1 is 1.09 bits per heavy atom. The monoisotopic (exact) mass is 477 g/mol. The molecule has 0 unspecified atom stereocenters. The van der Waals surface area contributed by atoms with Crippen LogP contribution in [0.3, 0.4) is 0 Å². The molecule has 8 nitrogen and oxygen atoms in total. The fraction of sp³-hybridized carbons (Fsp3) is 0.0952. The maximum Gasteiger partial charge on any atom is 0.340 e. The zero-order chi connectivity index (χ0) is 23.3. The fourth-order valence-corrected chi connectivity index (χ4v) is 3.94. The van der Waals surface area contributed by atoms with Crippen LogP contribution >= 0.6 is 11.6 Å². The number of aryl methyl sites for hydroxylation is 1. The molecular weight excluding hydrogens is 461 g/mol. The minimum atomic E-state index is -4.11. The van der Waals surface area contributed by atoms with Crippen LogP contribution in [-0.2, 0) is 19.6 Å². The van der Waals surface area contributed by atoms with Crippen LogP contribution in [0.25, 0.3) is 0 Å². The van der Waals surface area contributed by atoms with Gasteiger partial charge in [0.15, 0.2) is 11.8 Å². The summed E-state index contributed by atoms with van der Waals surface area (Å²) < 4.78 is 46.1. The number of ether oxygens (including phenoxy) is 1. The Bertz CT molecular complexity index is 1280. The van der Waals surface area contributed by atoms with Gasteiger partial charge in [0.2, 0.25) is 0 Å². The van der Waals surface area contributed by atoms with Crippen molar-refractivity contribution in [1.29, 1.82) is 0 Å². The number of anilines is 2. The lowest BCUT2D eigenvalue weighted by Gasteiger charge is -2.13. The lowest BCUT2D eigenvalue weighted by atomic mass is 10.2. The maximum atomic E-state index is 13.5. The van der Waals surface area contributed by atoms with Crippen molar-refractivity contribution >= 4 is 44.9 Å². The molecule has 11 heteroatoms. The van der Waals surface area contributed by atoms with Crippen LogP contribution in [0.2, 0.25) is 5.15 Å². The molecule has 3 aromatic rings. The molecule has 0 bridgehead atoms. The Hall–Kier alpha value is -3.50. The highest BCUT2D eigenvalue weighted by Crippen LogP contribution is 2.22. The second-order valence-electron chi connectivity index (χ2n) is 6.53. The van der Waals surface area contributed by atoms with Gasteiger partial charge < -0.3 is 10.1 Å². The van der Waals surface area contributed by atoms with Crippen LogP contribution in [0, 0.1) is 12.7 Å². The summed E-state index contributed by atoms with van der Waals surface area (Å²) in [5, 5.41) is 2.52. The molecule has 3 rings (SSSR count). The second kappa shape index (κ2) is 9.75. The molecule has 0 saturated carbocycles. The second-order valence-corrected chi connectivity index (χ2v) is 8.57. The van der Waals surface area contributed by atoms with Gasteiger partial charge in [0.1, 0.15) is 5.82 Å². The standard InChI is InChI=1S/C21H17ClFN3O5S/c1-13-11-14(8-9-16(13)23)32(29,30)26-17-6-3-2-5-15(17)21(28)31-12-19(27)25-18-7-4-10-24-20(18)22/h2-11,26H,12H2,1H3,(H,25,27). The van der Waals surface area contributed by atoms with Gasteiger partial charge in [-0.2, -0.15) is 0 Å². The molecule has 0 aliphatic carbocycles. The number of sulfonamides is 1. The predicted molar refractivity (Wildman–Crippen MR) is 117 cm³/mol. The SMILES string of the molecule is Cc1cc(S(=O)(=O)Nc2ccccc2C(=O)OCC(=O)Nc2cccnc2Cl)ccc1F. The van der Waals surface area contributed by atoms with Crippen molar-refractivity contribution in [3.8, 4) is 0 Å². The smallest absolute Gasteiger partial charge is 0.340 e. The van der Waals surface area contributed by atoms with Crippen molar-refractivity contribution in [3.05, 3.63) is 82.9 Å². The summed E-state index contributed by atoms with van der Waals surface area (Å²) in [5.74, 6) is -2.13. The quantitative estimate of drug-likeness (QED) is 0.395. The number of carbonyl (C=O) groups is 2. The number of aromatic nitrogens is 1.